The van der Waals surface area contributed by atoms with Gasteiger partial charge in [0, 0.05) is 25.3 Å². The molecule has 0 unspecified atom stereocenters. The van der Waals surface area contributed by atoms with Gasteiger partial charge >= 0.3 is 5.69 Å². The maximum atomic E-state index is 13.2. The number of nitrogens with two attached hydrogens (primary N) is 1. The minimum Gasteiger partial charge on any atom is -0.383 e. The van der Waals surface area contributed by atoms with Crippen molar-refractivity contribution in [2.24, 2.45) is 0 Å². The van der Waals surface area contributed by atoms with Crippen molar-refractivity contribution < 1.29 is 4.79 Å². The van der Waals surface area contributed by atoms with Crippen molar-refractivity contribution in [3.05, 3.63) is 50.2 Å². The van der Waals surface area contributed by atoms with Gasteiger partial charge in [-0.2, -0.15) is 0 Å². The van der Waals surface area contributed by atoms with Crippen molar-refractivity contribution in [1.29, 1.82) is 0 Å². The summed E-state index contributed by atoms with van der Waals surface area (Å²) >= 11 is 0. The molecule has 8 heteroatoms. The van der Waals surface area contributed by atoms with Crippen molar-refractivity contribution in [1.82, 2.24) is 9.13 Å². The molecule has 0 spiro atoms. The van der Waals surface area contributed by atoms with E-state index in [4.69, 9.17) is 5.73 Å². The molecule has 1 fully saturated rings. The predicted molar refractivity (Wildman–Crippen MR) is 120 cm³/mol. The van der Waals surface area contributed by atoms with Gasteiger partial charge in [-0.1, -0.05) is 24.6 Å². The first-order chi connectivity index (χ1) is 14.3. The van der Waals surface area contributed by atoms with Gasteiger partial charge in [-0.3, -0.25) is 14.2 Å². The zero-order valence-corrected chi connectivity index (χ0v) is 18.0. The van der Waals surface area contributed by atoms with Gasteiger partial charge < -0.3 is 16.0 Å². The summed E-state index contributed by atoms with van der Waals surface area (Å²) in [5, 5.41) is 2.81. The summed E-state index contributed by atoms with van der Waals surface area (Å²) in [7, 11) is 0. The van der Waals surface area contributed by atoms with Crippen LogP contribution in [0.2, 0.25) is 0 Å². The molecule has 1 aromatic heterocycles. The first kappa shape index (κ1) is 21.7. The second-order valence-electron chi connectivity index (χ2n) is 7.97. The number of rotatable bonds is 6. The predicted octanol–water partition coefficient (Wildman–Crippen LogP) is 2.25. The molecular weight excluding hydrogens is 382 g/mol. The summed E-state index contributed by atoms with van der Waals surface area (Å²) in [6, 6.07) is 5.69. The number of aromatic nitrogens is 2. The Morgan fingerprint density at radius 3 is 2.43 bits per heavy atom. The zero-order valence-electron chi connectivity index (χ0n) is 18.0. The number of nitrogens with zero attached hydrogens (tertiary/aromatic N) is 3. The fourth-order valence-corrected chi connectivity index (χ4v) is 3.98. The monoisotopic (exact) mass is 413 g/mol. The van der Waals surface area contributed by atoms with Crippen molar-refractivity contribution in [2.75, 3.05) is 29.0 Å². The average molecular weight is 414 g/mol. The van der Waals surface area contributed by atoms with Gasteiger partial charge in [0.05, 0.1) is 0 Å². The number of nitrogen functional groups attached to an aromatic ring is 1. The van der Waals surface area contributed by atoms with E-state index < -0.39 is 17.2 Å². The van der Waals surface area contributed by atoms with Crippen LogP contribution in [0.3, 0.4) is 0 Å². The molecule has 8 nitrogen and oxygen atoms in total. The van der Waals surface area contributed by atoms with Gasteiger partial charge in [0.2, 0.25) is 5.91 Å². The summed E-state index contributed by atoms with van der Waals surface area (Å²) in [6.45, 7) is 7.30. The molecule has 30 heavy (non-hydrogen) atoms. The minimum absolute atomic E-state index is 0.194. The molecule has 0 radical (unpaired) electrons. The van der Waals surface area contributed by atoms with Crippen molar-refractivity contribution in [3.63, 3.8) is 0 Å². The Bertz CT molecular complexity index is 1050. The van der Waals surface area contributed by atoms with Gasteiger partial charge in [-0.05, 0) is 51.2 Å². The second-order valence-corrected chi connectivity index (χ2v) is 7.97. The summed E-state index contributed by atoms with van der Waals surface area (Å²) in [6.07, 6.45) is 3.74. The number of hydrogen-bond donors (Lipinski definition) is 2. The van der Waals surface area contributed by atoms with E-state index in [2.05, 4.69) is 5.32 Å². The van der Waals surface area contributed by atoms with E-state index in [9.17, 15) is 14.4 Å². The molecule has 0 bridgehead atoms. The third-order valence-electron chi connectivity index (χ3n) is 5.52. The first-order valence-corrected chi connectivity index (χ1v) is 10.6. The van der Waals surface area contributed by atoms with Crippen LogP contribution < -0.4 is 27.2 Å². The van der Waals surface area contributed by atoms with E-state index in [0.29, 0.717) is 24.3 Å². The fourth-order valence-electron chi connectivity index (χ4n) is 3.98. The SMILES string of the molecule is CCCn1c(N)c(N2CCCCC2)c(=O)n(CC(=O)Nc2ccc(C)cc2C)c1=O. The number of piperidine rings is 1. The van der Waals surface area contributed by atoms with E-state index in [1.807, 2.05) is 43.9 Å². The highest BCUT2D eigenvalue weighted by atomic mass is 16.2. The number of amides is 1. The molecule has 162 valence electrons. The third kappa shape index (κ3) is 4.42. The molecular formula is C22H31N5O3. The van der Waals surface area contributed by atoms with Crippen LogP contribution in [-0.2, 0) is 17.9 Å². The Kier molecular flexibility index (Phi) is 6.64. The van der Waals surface area contributed by atoms with Gasteiger partial charge in [-0.15, -0.1) is 0 Å². The van der Waals surface area contributed by atoms with Crippen molar-refractivity contribution in [3.8, 4) is 0 Å². The molecule has 3 rings (SSSR count). The molecule has 0 aliphatic carbocycles. The number of carbonyl (C=O) groups excluding carboxylic acids is 1. The minimum atomic E-state index is -0.545. The summed E-state index contributed by atoms with van der Waals surface area (Å²) in [5.41, 5.74) is 8.24. The topological polar surface area (TPSA) is 102 Å². The Morgan fingerprint density at radius 2 is 1.80 bits per heavy atom. The van der Waals surface area contributed by atoms with Crippen LogP contribution in [0.1, 0.15) is 43.7 Å². The van der Waals surface area contributed by atoms with Crippen molar-refractivity contribution in [2.45, 2.75) is 59.5 Å². The zero-order chi connectivity index (χ0) is 21.8. The number of anilines is 3. The summed E-state index contributed by atoms with van der Waals surface area (Å²) in [5.74, 6) is -0.224. The van der Waals surface area contributed by atoms with E-state index >= 15 is 0 Å². The van der Waals surface area contributed by atoms with Crippen LogP contribution in [-0.4, -0.2) is 28.1 Å². The molecule has 0 saturated carbocycles. The lowest BCUT2D eigenvalue weighted by Gasteiger charge is -2.30. The van der Waals surface area contributed by atoms with Gasteiger partial charge in [-0.25, -0.2) is 9.36 Å². The van der Waals surface area contributed by atoms with E-state index in [1.165, 1.54) is 4.57 Å². The summed E-state index contributed by atoms with van der Waals surface area (Å²) in [4.78, 5) is 40.8. The van der Waals surface area contributed by atoms with Crippen LogP contribution in [0.5, 0.6) is 0 Å². The molecule has 1 aromatic carbocycles. The largest absolute Gasteiger partial charge is 0.383 e. The fraction of sp³-hybridized carbons (Fsp3) is 0.500. The smallest absolute Gasteiger partial charge is 0.333 e. The van der Waals surface area contributed by atoms with Crippen LogP contribution in [0.25, 0.3) is 0 Å². The maximum Gasteiger partial charge on any atom is 0.333 e. The highest BCUT2D eigenvalue weighted by Crippen LogP contribution is 2.22. The Labute approximate surface area is 176 Å². The molecule has 1 amide bonds. The number of nitrogens with one attached hydrogen (secondary N) is 1. The standard InChI is InChI=1S/C22H31N5O3/c1-4-10-26-20(23)19(25-11-6-5-7-12-25)21(29)27(22(26)30)14-18(28)24-17-9-8-15(2)13-16(17)3/h8-9,13H,4-7,10-12,14,23H2,1-3H3,(H,24,28). The van der Waals surface area contributed by atoms with Gasteiger partial charge in [0.25, 0.3) is 5.56 Å². The Hall–Kier alpha value is -3.03. The molecule has 2 aromatic rings. The number of benzene rings is 1. The first-order valence-electron chi connectivity index (χ1n) is 10.6. The number of aryl methyl sites for hydroxylation is 2. The quantitative estimate of drug-likeness (QED) is 0.756. The Morgan fingerprint density at radius 1 is 1.10 bits per heavy atom. The normalized spacial score (nSPS) is 14.0. The second kappa shape index (κ2) is 9.19. The lowest BCUT2D eigenvalue weighted by atomic mass is 10.1. The molecule has 2 heterocycles. The molecule has 1 aliphatic rings. The van der Waals surface area contributed by atoms with Crippen LogP contribution in [0, 0.1) is 13.8 Å². The van der Waals surface area contributed by atoms with Gasteiger partial charge in [0.15, 0.2) is 0 Å². The van der Waals surface area contributed by atoms with E-state index in [-0.39, 0.29) is 12.4 Å². The molecule has 1 aliphatic heterocycles. The van der Waals surface area contributed by atoms with Crippen molar-refractivity contribution >= 4 is 23.1 Å². The van der Waals surface area contributed by atoms with Crippen LogP contribution >= 0.6 is 0 Å². The Balaban J connectivity index is 1.98. The lowest BCUT2D eigenvalue weighted by Crippen LogP contribution is -2.47. The number of carbonyl (C=O) groups is 1. The van der Waals surface area contributed by atoms with E-state index in [1.54, 1.807) is 0 Å². The summed E-state index contributed by atoms with van der Waals surface area (Å²) < 4.78 is 2.42. The average Bonchev–Trinajstić information content (AvgIpc) is 2.71. The highest BCUT2D eigenvalue weighted by molar-refractivity contribution is 5.91. The van der Waals surface area contributed by atoms with Crippen LogP contribution in [0.15, 0.2) is 27.8 Å². The highest BCUT2D eigenvalue weighted by Gasteiger charge is 2.24. The lowest BCUT2D eigenvalue weighted by molar-refractivity contribution is -0.116. The van der Waals surface area contributed by atoms with E-state index in [0.717, 1.165) is 48.0 Å². The molecule has 0 atom stereocenters. The number of hydrogen-bond acceptors (Lipinski definition) is 5. The third-order valence-corrected chi connectivity index (χ3v) is 5.52. The van der Waals surface area contributed by atoms with Crippen LogP contribution in [0.4, 0.5) is 17.2 Å². The molecule has 1 saturated heterocycles. The maximum absolute atomic E-state index is 13.2. The molecule has 3 N–H and O–H groups in total. The van der Waals surface area contributed by atoms with Gasteiger partial charge in [0.1, 0.15) is 18.1 Å².